The highest BCUT2D eigenvalue weighted by atomic mass is 16.5. The van der Waals surface area contributed by atoms with Gasteiger partial charge in [-0.1, -0.05) is 19.1 Å². The molecule has 1 aromatic heterocycles. The van der Waals surface area contributed by atoms with Crippen LogP contribution in [0.25, 0.3) is 0 Å². The zero-order chi connectivity index (χ0) is 16.7. The average Bonchev–Trinajstić information content (AvgIpc) is 2.94. The fourth-order valence-corrected chi connectivity index (χ4v) is 2.77. The molecule has 23 heavy (non-hydrogen) atoms. The minimum atomic E-state index is 0.647. The molecule has 2 rings (SSSR count). The average molecular weight is 323 g/mol. The van der Waals surface area contributed by atoms with E-state index in [0.717, 1.165) is 58.0 Å². The smallest absolute Gasteiger partial charge is 0.0967 e. The monoisotopic (exact) mass is 323 g/mol. The van der Waals surface area contributed by atoms with E-state index in [2.05, 4.69) is 54.0 Å². The first-order valence-electron chi connectivity index (χ1n) is 8.97. The number of ether oxygens (including phenoxy) is 1. The van der Waals surface area contributed by atoms with Gasteiger partial charge in [0.15, 0.2) is 0 Å². The van der Waals surface area contributed by atoms with E-state index in [9.17, 15) is 0 Å². The number of aromatic nitrogens is 3. The van der Waals surface area contributed by atoms with E-state index in [0.29, 0.717) is 18.6 Å². The molecule has 0 aliphatic carbocycles. The highest BCUT2D eigenvalue weighted by Crippen LogP contribution is 2.08. The van der Waals surface area contributed by atoms with Crippen LogP contribution in [0.5, 0.6) is 0 Å². The topological polar surface area (TPSA) is 46.4 Å². The molecule has 0 spiro atoms. The Morgan fingerprint density at radius 1 is 1.09 bits per heavy atom. The summed E-state index contributed by atoms with van der Waals surface area (Å²) in [4.78, 5) is 4.99. The second-order valence-electron chi connectivity index (χ2n) is 7.17. The van der Waals surface area contributed by atoms with Gasteiger partial charge in [-0.2, -0.15) is 0 Å². The van der Waals surface area contributed by atoms with Crippen LogP contribution in [-0.4, -0.2) is 70.2 Å². The summed E-state index contributed by atoms with van der Waals surface area (Å²) in [6.45, 7) is 16.7. The summed E-state index contributed by atoms with van der Waals surface area (Å²) < 4.78 is 7.54. The second-order valence-corrected chi connectivity index (χ2v) is 7.17. The first-order chi connectivity index (χ1) is 11.0. The molecule has 0 amide bonds. The summed E-state index contributed by atoms with van der Waals surface area (Å²) in [5.74, 6) is 0.698. The van der Waals surface area contributed by atoms with Gasteiger partial charge in [0.25, 0.3) is 0 Å². The Morgan fingerprint density at radius 2 is 1.83 bits per heavy atom. The van der Waals surface area contributed by atoms with Crippen LogP contribution in [0.1, 0.15) is 39.8 Å². The fraction of sp³-hybridized carbons (Fsp3) is 0.882. The molecule has 6 heteroatoms. The molecule has 1 saturated heterocycles. The molecule has 1 aliphatic rings. The van der Waals surface area contributed by atoms with Crippen LogP contribution in [0.3, 0.4) is 0 Å². The zero-order valence-electron chi connectivity index (χ0n) is 15.2. The van der Waals surface area contributed by atoms with Gasteiger partial charge in [0.2, 0.25) is 0 Å². The maximum atomic E-state index is 5.64. The van der Waals surface area contributed by atoms with Gasteiger partial charge in [0, 0.05) is 51.6 Å². The minimum absolute atomic E-state index is 0.647. The van der Waals surface area contributed by atoms with Crippen molar-refractivity contribution in [3.8, 4) is 0 Å². The molecule has 0 radical (unpaired) electrons. The SMILES string of the molecule is CC(C)CCOCCn1cc(CN2CCN(C(C)C)CC2)nn1. The molecule has 0 atom stereocenters. The van der Waals surface area contributed by atoms with Gasteiger partial charge in [0.05, 0.1) is 18.8 Å². The van der Waals surface area contributed by atoms with Gasteiger partial charge < -0.3 is 4.74 Å². The lowest BCUT2D eigenvalue weighted by molar-refractivity contribution is 0.103. The summed E-state index contributed by atoms with van der Waals surface area (Å²) in [6, 6.07) is 0.647. The number of hydrogen-bond acceptors (Lipinski definition) is 5. The molecule has 1 fully saturated rings. The van der Waals surface area contributed by atoms with Crippen LogP contribution in [0.2, 0.25) is 0 Å². The van der Waals surface area contributed by atoms with Crippen LogP contribution in [0.4, 0.5) is 0 Å². The van der Waals surface area contributed by atoms with E-state index >= 15 is 0 Å². The van der Waals surface area contributed by atoms with Crippen molar-refractivity contribution in [3.63, 3.8) is 0 Å². The minimum Gasteiger partial charge on any atom is -0.380 e. The lowest BCUT2D eigenvalue weighted by atomic mass is 10.1. The van der Waals surface area contributed by atoms with Crippen LogP contribution < -0.4 is 0 Å². The predicted molar refractivity (Wildman–Crippen MR) is 92.3 cm³/mol. The Hall–Kier alpha value is -0.980. The maximum absolute atomic E-state index is 5.64. The van der Waals surface area contributed by atoms with Crippen molar-refractivity contribution >= 4 is 0 Å². The summed E-state index contributed by atoms with van der Waals surface area (Å²) in [6.07, 6.45) is 3.17. The molecule has 1 aromatic rings. The normalized spacial score (nSPS) is 17.5. The molecular formula is C17H33N5O. The summed E-state index contributed by atoms with van der Waals surface area (Å²) in [7, 11) is 0. The standard InChI is InChI=1S/C17H33N5O/c1-15(2)5-11-23-12-10-22-14-17(18-19-22)13-20-6-8-21(9-7-20)16(3)4/h14-16H,5-13H2,1-4H3. The van der Waals surface area contributed by atoms with E-state index in [1.165, 1.54) is 0 Å². The Balaban J connectivity index is 1.65. The molecule has 0 bridgehead atoms. The Bertz CT molecular complexity index is 438. The van der Waals surface area contributed by atoms with Gasteiger partial charge in [-0.25, -0.2) is 4.68 Å². The molecular weight excluding hydrogens is 290 g/mol. The van der Waals surface area contributed by atoms with Crippen molar-refractivity contribution in [2.45, 2.75) is 53.2 Å². The van der Waals surface area contributed by atoms with Crippen molar-refractivity contribution in [1.29, 1.82) is 0 Å². The van der Waals surface area contributed by atoms with Gasteiger partial charge in [0.1, 0.15) is 0 Å². The molecule has 6 nitrogen and oxygen atoms in total. The Labute approximate surface area is 140 Å². The Morgan fingerprint density at radius 3 is 2.48 bits per heavy atom. The van der Waals surface area contributed by atoms with Crippen LogP contribution in [-0.2, 0) is 17.8 Å². The van der Waals surface area contributed by atoms with Crippen LogP contribution in [0, 0.1) is 5.92 Å². The number of rotatable bonds is 9. The first-order valence-corrected chi connectivity index (χ1v) is 8.97. The molecule has 132 valence electrons. The van der Waals surface area contributed by atoms with Gasteiger partial charge in [-0.3, -0.25) is 9.80 Å². The number of nitrogens with zero attached hydrogens (tertiary/aromatic N) is 5. The van der Waals surface area contributed by atoms with E-state index in [1.54, 1.807) is 0 Å². The van der Waals surface area contributed by atoms with E-state index in [-0.39, 0.29) is 0 Å². The van der Waals surface area contributed by atoms with Crippen molar-refractivity contribution in [1.82, 2.24) is 24.8 Å². The summed E-state index contributed by atoms with van der Waals surface area (Å²) >= 11 is 0. The van der Waals surface area contributed by atoms with Crippen LogP contribution >= 0.6 is 0 Å². The maximum Gasteiger partial charge on any atom is 0.0967 e. The van der Waals surface area contributed by atoms with Gasteiger partial charge >= 0.3 is 0 Å². The highest BCUT2D eigenvalue weighted by molar-refractivity contribution is 4.93. The zero-order valence-corrected chi connectivity index (χ0v) is 15.2. The highest BCUT2D eigenvalue weighted by Gasteiger charge is 2.19. The fourth-order valence-electron chi connectivity index (χ4n) is 2.77. The quantitative estimate of drug-likeness (QED) is 0.649. The third-order valence-corrected chi connectivity index (χ3v) is 4.41. The van der Waals surface area contributed by atoms with Gasteiger partial charge in [-0.15, -0.1) is 5.10 Å². The molecule has 0 saturated carbocycles. The lowest BCUT2D eigenvalue weighted by Gasteiger charge is -2.36. The predicted octanol–water partition coefficient (Wildman–Crippen LogP) is 1.87. The lowest BCUT2D eigenvalue weighted by Crippen LogP contribution is -2.48. The Kier molecular flexibility index (Phi) is 7.46. The largest absolute Gasteiger partial charge is 0.380 e. The third-order valence-electron chi connectivity index (χ3n) is 4.41. The second kappa shape index (κ2) is 9.35. The summed E-state index contributed by atoms with van der Waals surface area (Å²) in [5, 5.41) is 8.50. The van der Waals surface area contributed by atoms with Crippen molar-refractivity contribution in [2.24, 2.45) is 5.92 Å². The number of piperazine rings is 1. The number of hydrogen-bond donors (Lipinski definition) is 0. The molecule has 0 unspecified atom stereocenters. The molecule has 1 aliphatic heterocycles. The van der Waals surface area contributed by atoms with Crippen molar-refractivity contribution in [3.05, 3.63) is 11.9 Å². The van der Waals surface area contributed by atoms with Crippen molar-refractivity contribution < 1.29 is 4.74 Å². The first kappa shape index (κ1) is 18.4. The third kappa shape index (κ3) is 6.57. The molecule has 2 heterocycles. The van der Waals surface area contributed by atoms with E-state index in [1.807, 2.05) is 4.68 Å². The van der Waals surface area contributed by atoms with E-state index in [4.69, 9.17) is 4.74 Å². The summed E-state index contributed by atoms with van der Waals surface area (Å²) in [5.41, 5.74) is 1.06. The molecule has 0 N–H and O–H groups in total. The van der Waals surface area contributed by atoms with Crippen LogP contribution in [0.15, 0.2) is 6.20 Å². The molecule has 0 aromatic carbocycles. The van der Waals surface area contributed by atoms with Gasteiger partial charge in [-0.05, 0) is 26.2 Å². The van der Waals surface area contributed by atoms with Crippen molar-refractivity contribution in [2.75, 3.05) is 39.4 Å². The van der Waals surface area contributed by atoms with E-state index < -0.39 is 0 Å².